The topological polar surface area (TPSA) is 38.3 Å². The lowest BCUT2D eigenvalue weighted by Gasteiger charge is -2.10. The SMILES string of the molecule is Cc1ccc(OCCNC(=O)c2ccc(Cl)s2)c(C)c1. The lowest BCUT2D eigenvalue weighted by molar-refractivity contribution is 0.0951. The van der Waals surface area contributed by atoms with Crippen LogP contribution < -0.4 is 10.1 Å². The minimum atomic E-state index is -0.119. The molecule has 20 heavy (non-hydrogen) atoms. The van der Waals surface area contributed by atoms with Gasteiger partial charge in [-0.15, -0.1) is 11.3 Å². The molecule has 3 nitrogen and oxygen atoms in total. The number of benzene rings is 1. The van der Waals surface area contributed by atoms with Crippen LogP contribution in [-0.2, 0) is 0 Å². The van der Waals surface area contributed by atoms with Gasteiger partial charge in [0.05, 0.1) is 15.8 Å². The molecule has 1 aromatic carbocycles. The summed E-state index contributed by atoms with van der Waals surface area (Å²) in [6.07, 6.45) is 0. The highest BCUT2D eigenvalue weighted by Gasteiger charge is 2.07. The Kier molecular flexibility index (Phi) is 5.04. The zero-order chi connectivity index (χ0) is 14.5. The number of carbonyl (C=O) groups is 1. The number of amides is 1. The summed E-state index contributed by atoms with van der Waals surface area (Å²) < 4.78 is 6.26. The number of rotatable bonds is 5. The van der Waals surface area contributed by atoms with Gasteiger partial charge in [0.2, 0.25) is 0 Å². The van der Waals surface area contributed by atoms with Gasteiger partial charge in [-0.2, -0.15) is 0 Å². The van der Waals surface area contributed by atoms with Crippen LogP contribution in [0.1, 0.15) is 20.8 Å². The van der Waals surface area contributed by atoms with Gasteiger partial charge in [0.1, 0.15) is 12.4 Å². The van der Waals surface area contributed by atoms with Crippen molar-refractivity contribution in [3.05, 3.63) is 50.7 Å². The van der Waals surface area contributed by atoms with Crippen molar-refractivity contribution in [2.45, 2.75) is 13.8 Å². The van der Waals surface area contributed by atoms with Crippen LogP contribution in [0.4, 0.5) is 0 Å². The molecule has 1 aromatic heterocycles. The second kappa shape index (κ2) is 6.77. The van der Waals surface area contributed by atoms with E-state index in [1.54, 1.807) is 12.1 Å². The molecule has 0 radical (unpaired) electrons. The maximum Gasteiger partial charge on any atom is 0.261 e. The number of hydrogen-bond acceptors (Lipinski definition) is 3. The van der Waals surface area contributed by atoms with E-state index in [9.17, 15) is 4.79 Å². The maximum absolute atomic E-state index is 11.8. The van der Waals surface area contributed by atoms with Crippen molar-refractivity contribution in [2.24, 2.45) is 0 Å². The molecule has 0 fully saturated rings. The first-order chi connectivity index (χ1) is 9.56. The van der Waals surface area contributed by atoms with Crippen molar-refractivity contribution >= 4 is 28.8 Å². The summed E-state index contributed by atoms with van der Waals surface area (Å²) in [6, 6.07) is 9.46. The summed E-state index contributed by atoms with van der Waals surface area (Å²) >= 11 is 7.06. The molecule has 0 bridgehead atoms. The first-order valence-corrected chi connectivity index (χ1v) is 7.49. The molecule has 1 N–H and O–H groups in total. The van der Waals surface area contributed by atoms with Gasteiger partial charge in [-0.3, -0.25) is 4.79 Å². The van der Waals surface area contributed by atoms with E-state index in [4.69, 9.17) is 16.3 Å². The van der Waals surface area contributed by atoms with Gasteiger partial charge in [-0.05, 0) is 37.6 Å². The molecule has 106 valence electrons. The first kappa shape index (κ1) is 14.9. The Hall–Kier alpha value is -1.52. The molecule has 0 saturated carbocycles. The van der Waals surface area contributed by atoms with Crippen molar-refractivity contribution in [1.82, 2.24) is 5.32 Å². The fourth-order valence-electron chi connectivity index (χ4n) is 1.81. The zero-order valence-electron chi connectivity index (χ0n) is 11.4. The van der Waals surface area contributed by atoms with E-state index >= 15 is 0 Å². The lowest BCUT2D eigenvalue weighted by Crippen LogP contribution is -2.27. The van der Waals surface area contributed by atoms with Gasteiger partial charge in [-0.25, -0.2) is 0 Å². The molecule has 2 rings (SSSR count). The van der Waals surface area contributed by atoms with E-state index in [2.05, 4.69) is 11.4 Å². The molecule has 0 aliphatic heterocycles. The predicted molar refractivity (Wildman–Crippen MR) is 83.1 cm³/mol. The highest BCUT2D eigenvalue weighted by Crippen LogP contribution is 2.21. The average Bonchev–Trinajstić information content (AvgIpc) is 2.83. The van der Waals surface area contributed by atoms with Gasteiger partial charge in [0.15, 0.2) is 0 Å². The van der Waals surface area contributed by atoms with Gasteiger partial charge in [0, 0.05) is 0 Å². The standard InChI is InChI=1S/C15H16ClNO2S/c1-10-3-4-12(11(2)9-10)19-8-7-17-15(18)13-5-6-14(16)20-13/h3-6,9H,7-8H2,1-2H3,(H,17,18). The van der Waals surface area contributed by atoms with Crippen LogP contribution in [-0.4, -0.2) is 19.1 Å². The number of ether oxygens (including phenoxy) is 1. The summed E-state index contributed by atoms with van der Waals surface area (Å²) in [7, 11) is 0. The second-order valence-electron chi connectivity index (χ2n) is 4.48. The van der Waals surface area contributed by atoms with Crippen LogP contribution >= 0.6 is 22.9 Å². The van der Waals surface area contributed by atoms with Crippen molar-refractivity contribution in [1.29, 1.82) is 0 Å². The molecule has 5 heteroatoms. The molecule has 1 amide bonds. The van der Waals surface area contributed by atoms with Crippen LogP contribution in [0.5, 0.6) is 5.75 Å². The summed E-state index contributed by atoms with van der Waals surface area (Å²) in [5.74, 6) is 0.732. The van der Waals surface area contributed by atoms with Gasteiger partial charge in [-0.1, -0.05) is 29.3 Å². The lowest BCUT2D eigenvalue weighted by atomic mass is 10.1. The summed E-state index contributed by atoms with van der Waals surface area (Å²) in [6.45, 7) is 4.95. The Morgan fingerprint density at radius 1 is 1.30 bits per heavy atom. The largest absolute Gasteiger partial charge is 0.491 e. The van der Waals surface area contributed by atoms with E-state index in [-0.39, 0.29) is 5.91 Å². The van der Waals surface area contributed by atoms with E-state index in [1.807, 2.05) is 26.0 Å². The Bertz CT molecular complexity index is 610. The van der Waals surface area contributed by atoms with E-state index in [1.165, 1.54) is 16.9 Å². The number of nitrogens with one attached hydrogen (secondary N) is 1. The summed E-state index contributed by atoms with van der Waals surface area (Å²) in [5.41, 5.74) is 2.30. The molecule has 0 spiro atoms. The molecule has 0 saturated heterocycles. The second-order valence-corrected chi connectivity index (χ2v) is 6.19. The Balaban J connectivity index is 1.77. The van der Waals surface area contributed by atoms with E-state index < -0.39 is 0 Å². The van der Waals surface area contributed by atoms with E-state index in [0.29, 0.717) is 22.4 Å². The summed E-state index contributed by atoms with van der Waals surface area (Å²) in [4.78, 5) is 12.4. The molecule has 0 aliphatic carbocycles. The van der Waals surface area contributed by atoms with Gasteiger partial charge < -0.3 is 10.1 Å². The number of halogens is 1. The summed E-state index contributed by atoms with van der Waals surface area (Å²) in [5, 5.41) is 2.80. The molecule has 0 atom stereocenters. The van der Waals surface area contributed by atoms with Gasteiger partial charge >= 0.3 is 0 Å². The Morgan fingerprint density at radius 3 is 2.75 bits per heavy atom. The molecule has 1 heterocycles. The van der Waals surface area contributed by atoms with Crippen molar-refractivity contribution < 1.29 is 9.53 Å². The predicted octanol–water partition coefficient (Wildman–Crippen LogP) is 3.83. The molecular formula is C15H16ClNO2S. The Morgan fingerprint density at radius 2 is 2.10 bits per heavy atom. The van der Waals surface area contributed by atoms with Crippen molar-refractivity contribution in [2.75, 3.05) is 13.2 Å². The third-order valence-electron chi connectivity index (χ3n) is 2.77. The first-order valence-electron chi connectivity index (χ1n) is 6.30. The molecule has 2 aromatic rings. The normalized spacial score (nSPS) is 10.3. The fraction of sp³-hybridized carbons (Fsp3) is 0.267. The highest BCUT2D eigenvalue weighted by molar-refractivity contribution is 7.17. The smallest absolute Gasteiger partial charge is 0.261 e. The Labute approximate surface area is 127 Å². The molecule has 0 unspecified atom stereocenters. The number of carbonyl (C=O) groups excluding carboxylic acids is 1. The van der Waals surface area contributed by atoms with Crippen LogP contribution in [0.2, 0.25) is 4.34 Å². The zero-order valence-corrected chi connectivity index (χ0v) is 13.0. The van der Waals surface area contributed by atoms with Gasteiger partial charge in [0.25, 0.3) is 5.91 Å². The van der Waals surface area contributed by atoms with Crippen LogP contribution in [0, 0.1) is 13.8 Å². The number of aryl methyl sites for hydroxylation is 2. The third-order valence-corrected chi connectivity index (χ3v) is 4.00. The number of hydrogen-bond donors (Lipinski definition) is 1. The maximum atomic E-state index is 11.8. The average molecular weight is 310 g/mol. The van der Waals surface area contributed by atoms with Crippen LogP contribution in [0.15, 0.2) is 30.3 Å². The monoisotopic (exact) mass is 309 g/mol. The minimum absolute atomic E-state index is 0.119. The van der Waals surface area contributed by atoms with E-state index in [0.717, 1.165) is 11.3 Å². The van der Waals surface area contributed by atoms with Crippen molar-refractivity contribution in [3.63, 3.8) is 0 Å². The quantitative estimate of drug-likeness (QED) is 0.853. The van der Waals surface area contributed by atoms with Crippen LogP contribution in [0.25, 0.3) is 0 Å². The third kappa shape index (κ3) is 3.99. The molecule has 0 aliphatic rings. The van der Waals surface area contributed by atoms with Crippen molar-refractivity contribution in [3.8, 4) is 5.75 Å². The molecular weight excluding hydrogens is 294 g/mol. The minimum Gasteiger partial charge on any atom is -0.491 e. The fourth-order valence-corrected chi connectivity index (χ4v) is 2.77. The number of thiophene rings is 1. The highest BCUT2D eigenvalue weighted by atomic mass is 35.5. The van der Waals surface area contributed by atoms with Crippen LogP contribution in [0.3, 0.4) is 0 Å².